The van der Waals surface area contributed by atoms with Crippen molar-refractivity contribution >= 4 is 11.8 Å². The topological polar surface area (TPSA) is 26.0 Å². The fourth-order valence-corrected chi connectivity index (χ4v) is 2.75. The van der Waals surface area contributed by atoms with E-state index >= 15 is 0 Å². The zero-order chi connectivity index (χ0) is 8.10. The maximum atomic E-state index is 5.47. The summed E-state index contributed by atoms with van der Waals surface area (Å²) in [5.74, 6) is 1.31. The maximum Gasteiger partial charge on any atom is 0.0254 e. The molecule has 0 spiro atoms. The van der Waals surface area contributed by atoms with Gasteiger partial charge in [0.1, 0.15) is 0 Å². The van der Waals surface area contributed by atoms with Crippen molar-refractivity contribution in [2.45, 2.75) is 30.9 Å². The van der Waals surface area contributed by atoms with Gasteiger partial charge in [0.15, 0.2) is 0 Å². The number of hydrogen-bond donors (Lipinski definition) is 1. The lowest BCUT2D eigenvalue weighted by atomic mass is 10.1. The highest BCUT2D eigenvalue weighted by atomic mass is 32.2. The van der Waals surface area contributed by atoms with E-state index in [1.807, 2.05) is 0 Å². The molecule has 1 unspecified atom stereocenters. The van der Waals surface area contributed by atoms with Gasteiger partial charge < -0.3 is 5.73 Å². The molecule has 0 radical (unpaired) electrons. The Bertz CT molecular complexity index is 128. The van der Waals surface area contributed by atoms with Crippen molar-refractivity contribution < 1.29 is 0 Å². The van der Waals surface area contributed by atoms with Crippen LogP contribution in [0, 0.1) is 0 Å². The standard InChI is InChI=1S/C9H17NS/c1-8(5-6-10)9-4-2-3-7-11-9/h9H,1-7,10H2. The van der Waals surface area contributed by atoms with Gasteiger partial charge in [-0.2, -0.15) is 11.8 Å². The SMILES string of the molecule is C=C(CCN)C1CCCCS1. The second kappa shape index (κ2) is 4.83. The molecule has 0 saturated carbocycles. The van der Waals surface area contributed by atoms with Crippen molar-refractivity contribution in [2.75, 3.05) is 12.3 Å². The summed E-state index contributed by atoms with van der Waals surface area (Å²) < 4.78 is 0. The Morgan fingerprint density at radius 2 is 2.36 bits per heavy atom. The van der Waals surface area contributed by atoms with Gasteiger partial charge in [-0.15, -0.1) is 0 Å². The van der Waals surface area contributed by atoms with E-state index in [9.17, 15) is 0 Å². The molecule has 0 amide bonds. The van der Waals surface area contributed by atoms with Crippen molar-refractivity contribution in [3.63, 3.8) is 0 Å². The minimum atomic E-state index is 0.715. The largest absolute Gasteiger partial charge is 0.330 e. The van der Waals surface area contributed by atoms with Crippen molar-refractivity contribution in [3.05, 3.63) is 12.2 Å². The molecule has 1 rings (SSSR count). The number of thioether (sulfide) groups is 1. The summed E-state index contributed by atoms with van der Waals surface area (Å²) in [4.78, 5) is 0. The zero-order valence-electron chi connectivity index (χ0n) is 7.01. The van der Waals surface area contributed by atoms with Gasteiger partial charge in [0, 0.05) is 5.25 Å². The normalized spacial score (nSPS) is 25.0. The van der Waals surface area contributed by atoms with Crippen LogP contribution in [0.4, 0.5) is 0 Å². The smallest absolute Gasteiger partial charge is 0.0254 e. The average Bonchev–Trinajstić information content (AvgIpc) is 2.07. The van der Waals surface area contributed by atoms with Gasteiger partial charge in [0.05, 0.1) is 0 Å². The predicted molar refractivity (Wildman–Crippen MR) is 52.9 cm³/mol. The van der Waals surface area contributed by atoms with Gasteiger partial charge in [-0.25, -0.2) is 0 Å². The first-order valence-electron chi connectivity index (χ1n) is 4.34. The van der Waals surface area contributed by atoms with Gasteiger partial charge in [-0.1, -0.05) is 18.6 Å². The van der Waals surface area contributed by atoms with Crippen LogP contribution in [0.15, 0.2) is 12.2 Å². The second-order valence-corrected chi connectivity index (χ2v) is 4.36. The fraction of sp³-hybridized carbons (Fsp3) is 0.778. The Hall–Kier alpha value is 0.0500. The van der Waals surface area contributed by atoms with E-state index < -0.39 is 0 Å². The van der Waals surface area contributed by atoms with Gasteiger partial charge in [0.25, 0.3) is 0 Å². The summed E-state index contributed by atoms with van der Waals surface area (Å²) in [5, 5.41) is 0.715. The fourth-order valence-electron chi connectivity index (χ4n) is 1.41. The summed E-state index contributed by atoms with van der Waals surface area (Å²) in [6.45, 7) is 4.83. The molecule has 0 aromatic rings. The van der Waals surface area contributed by atoms with Crippen LogP contribution in [0.1, 0.15) is 25.7 Å². The molecular weight excluding hydrogens is 154 g/mol. The van der Waals surface area contributed by atoms with E-state index in [4.69, 9.17) is 5.73 Å². The summed E-state index contributed by atoms with van der Waals surface area (Å²) in [6, 6.07) is 0. The molecule has 1 aliphatic heterocycles. The van der Waals surface area contributed by atoms with Crippen molar-refractivity contribution in [1.82, 2.24) is 0 Å². The van der Waals surface area contributed by atoms with E-state index in [-0.39, 0.29) is 0 Å². The third-order valence-corrected chi connectivity index (χ3v) is 3.60. The quantitative estimate of drug-likeness (QED) is 0.659. The highest BCUT2D eigenvalue weighted by molar-refractivity contribution is 8.00. The van der Waals surface area contributed by atoms with Crippen molar-refractivity contribution in [3.8, 4) is 0 Å². The lowest BCUT2D eigenvalue weighted by molar-refractivity contribution is 0.690. The monoisotopic (exact) mass is 171 g/mol. The molecule has 1 saturated heterocycles. The average molecular weight is 171 g/mol. The first kappa shape index (κ1) is 9.14. The summed E-state index contributed by atoms with van der Waals surface area (Å²) in [7, 11) is 0. The summed E-state index contributed by atoms with van der Waals surface area (Å²) in [5.41, 5.74) is 6.82. The second-order valence-electron chi connectivity index (χ2n) is 3.05. The molecule has 0 aromatic heterocycles. The first-order chi connectivity index (χ1) is 5.34. The molecule has 2 heteroatoms. The molecule has 11 heavy (non-hydrogen) atoms. The van der Waals surface area contributed by atoms with Crippen LogP contribution in [0.2, 0.25) is 0 Å². The number of nitrogens with two attached hydrogens (primary N) is 1. The van der Waals surface area contributed by atoms with Crippen LogP contribution in [0.3, 0.4) is 0 Å². The Morgan fingerprint density at radius 3 is 2.91 bits per heavy atom. The third kappa shape index (κ3) is 2.88. The van der Waals surface area contributed by atoms with Crippen LogP contribution in [0.25, 0.3) is 0 Å². The highest BCUT2D eigenvalue weighted by Gasteiger charge is 2.15. The highest BCUT2D eigenvalue weighted by Crippen LogP contribution is 2.30. The first-order valence-corrected chi connectivity index (χ1v) is 5.39. The van der Waals surface area contributed by atoms with Gasteiger partial charge in [0.2, 0.25) is 0 Å². The minimum absolute atomic E-state index is 0.715. The predicted octanol–water partition coefficient (Wildman–Crippen LogP) is 2.18. The molecule has 1 fully saturated rings. The van der Waals surface area contributed by atoms with Crippen LogP contribution in [0.5, 0.6) is 0 Å². The van der Waals surface area contributed by atoms with E-state index in [0.717, 1.165) is 13.0 Å². The van der Waals surface area contributed by atoms with E-state index in [2.05, 4.69) is 18.3 Å². The molecule has 0 aromatic carbocycles. The van der Waals surface area contributed by atoms with Crippen LogP contribution >= 0.6 is 11.8 Å². The maximum absolute atomic E-state index is 5.47. The molecule has 64 valence electrons. The summed E-state index contributed by atoms with van der Waals surface area (Å²) in [6.07, 6.45) is 5.10. The third-order valence-electron chi connectivity index (χ3n) is 2.10. The Labute approximate surface area is 73.4 Å². The van der Waals surface area contributed by atoms with E-state index in [1.54, 1.807) is 0 Å². The lowest BCUT2D eigenvalue weighted by Gasteiger charge is -2.22. The van der Waals surface area contributed by atoms with E-state index in [0.29, 0.717) is 5.25 Å². The Morgan fingerprint density at radius 1 is 1.55 bits per heavy atom. The van der Waals surface area contributed by atoms with Gasteiger partial charge in [-0.05, 0) is 31.6 Å². The molecule has 1 nitrogen and oxygen atoms in total. The Balaban J connectivity index is 2.27. The molecule has 1 heterocycles. The van der Waals surface area contributed by atoms with Crippen LogP contribution < -0.4 is 5.73 Å². The molecule has 1 atom stereocenters. The molecule has 0 bridgehead atoms. The van der Waals surface area contributed by atoms with Crippen molar-refractivity contribution in [1.29, 1.82) is 0 Å². The molecule has 0 aliphatic carbocycles. The number of rotatable bonds is 3. The lowest BCUT2D eigenvalue weighted by Crippen LogP contribution is -2.14. The molecule has 2 N–H and O–H groups in total. The van der Waals surface area contributed by atoms with Crippen LogP contribution in [-0.4, -0.2) is 17.5 Å². The van der Waals surface area contributed by atoms with Gasteiger partial charge >= 0.3 is 0 Å². The molecular formula is C9H17NS. The van der Waals surface area contributed by atoms with Crippen LogP contribution in [-0.2, 0) is 0 Å². The van der Waals surface area contributed by atoms with Crippen molar-refractivity contribution in [2.24, 2.45) is 5.73 Å². The minimum Gasteiger partial charge on any atom is -0.330 e. The van der Waals surface area contributed by atoms with Gasteiger partial charge in [-0.3, -0.25) is 0 Å². The Kier molecular flexibility index (Phi) is 4.02. The summed E-state index contributed by atoms with van der Waals surface area (Å²) >= 11 is 2.06. The van der Waals surface area contributed by atoms with E-state index in [1.165, 1.54) is 30.6 Å². The number of hydrogen-bond acceptors (Lipinski definition) is 2. The molecule has 1 aliphatic rings. The zero-order valence-corrected chi connectivity index (χ0v) is 7.83.